The number of hydrogen-bond acceptors (Lipinski definition) is 4. The van der Waals surface area contributed by atoms with Gasteiger partial charge in [-0.3, -0.25) is 4.57 Å². The Balaban J connectivity index is 2.73. The molecule has 0 aliphatic rings. The number of aromatic nitrogens is 3. The molecule has 5 nitrogen and oxygen atoms in total. The van der Waals surface area contributed by atoms with E-state index in [4.69, 9.17) is 10.7 Å². The van der Waals surface area contributed by atoms with Gasteiger partial charge in [0.05, 0.1) is 5.56 Å². The van der Waals surface area contributed by atoms with E-state index in [2.05, 4.69) is 26.1 Å². The van der Waals surface area contributed by atoms with Gasteiger partial charge in [-0.15, -0.1) is 10.2 Å². The number of rotatable bonds is 4. The molecule has 0 spiro atoms. The minimum absolute atomic E-state index is 0.0995. The van der Waals surface area contributed by atoms with Crippen LogP contribution >= 0.6 is 26.6 Å². The van der Waals surface area contributed by atoms with E-state index in [1.165, 1.54) is 16.7 Å². The van der Waals surface area contributed by atoms with Gasteiger partial charge in [0.2, 0.25) is 0 Å². The molecule has 0 N–H and O–H groups in total. The molecule has 2 rings (SSSR count). The van der Waals surface area contributed by atoms with Crippen molar-refractivity contribution in [2.75, 3.05) is 0 Å². The van der Waals surface area contributed by atoms with Crippen LogP contribution in [0.25, 0.3) is 11.4 Å². The smallest absolute Gasteiger partial charge is 0.296 e. The predicted octanol–water partition coefficient (Wildman–Crippen LogP) is 3.43. The van der Waals surface area contributed by atoms with Crippen LogP contribution in [0.2, 0.25) is 0 Å². The lowest BCUT2D eigenvalue weighted by Crippen LogP contribution is -2.12. The Bertz CT molecular complexity index is 757. The molecule has 21 heavy (non-hydrogen) atoms. The Hall–Kier alpha value is -0.990. The first-order valence-corrected chi connectivity index (χ1v) is 9.14. The summed E-state index contributed by atoms with van der Waals surface area (Å²) < 4.78 is 39.0. The first-order chi connectivity index (χ1) is 9.71. The molecule has 0 unspecified atom stereocenters. The van der Waals surface area contributed by atoms with Gasteiger partial charge in [0.1, 0.15) is 5.82 Å². The quantitative estimate of drug-likeness (QED) is 0.743. The molecule has 1 heterocycles. The molecule has 0 amide bonds. The van der Waals surface area contributed by atoms with Crippen LogP contribution in [-0.4, -0.2) is 23.2 Å². The fourth-order valence-corrected chi connectivity index (χ4v) is 3.32. The van der Waals surface area contributed by atoms with E-state index in [0.717, 1.165) is 0 Å². The van der Waals surface area contributed by atoms with Crippen molar-refractivity contribution in [3.63, 3.8) is 0 Å². The standard InChI is InChI=1S/C12H12BrClFN3O2S/c1-7(2)6-18-11(16-17-12(18)21(14,19)20)10-8(13)4-3-5-9(10)15/h3-5,7H,6H2,1-2H3. The molecule has 0 saturated carbocycles. The summed E-state index contributed by atoms with van der Waals surface area (Å²) >= 11 is 3.24. The van der Waals surface area contributed by atoms with Crippen LogP contribution < -0.4 is 0 Å². The highest BCUT2D eigenvalue weighted by Crippen LogP contribution is 2.31. The molecule has 0 atom stereocenters. The maximum Gasteiger partial charge on any atom is 0.296 e. The van der Waals surface area contributed by atoms with Gasteiger partial charge in [-0.1, -0.05) is 19.9 Å². The Kier molecular flexibility index (Phi) is 4.69. The average molecular weight is 397 g/mol. The van der Waals surface area contributed by atoms with Gasteiger partial charge in [-0.05, 0) is 34.0 Å². The zero-order chi connectivity index (χ0) is 15.8. The lowest BCUT2D eigenvalue weighted by Gasteiger charge is -2.12. The fourth-order valence-electron chi connectivity index (χ4n) is 1.90. The third kappa shape index (κ3) is 3.44. The van der Waals surface area contributed by atoms with Crippen LogP contribution in [-0.2, 0) is 15.6 Å². The largest absolute Gasteiger partial charge is 0.296 e. The molecular weight excluding hydrogens is 385 g/mol. The maximum absolute atomic E-state index is 14.1. The first-order valence-electron chi connectivity index (χ1n) is 6.04. The van der Waals surface area contributed by atoms with Gasteiger partial charge >= 0.3 is 0 Å². The van der Waals surface area contributed by atoms with Crippen molar-refractivity contribution in [3.8, 4) is 11.4 Å². The molecule has 1 aromatic carbocycles. The predicted molar refractivity (Wildman–Crippen MR) is 81.0 cm³/mol. The zero-order valence-corrected chi connectivity index (χ0v) is 14.4. The summed E-state index contributed by atoms with van der Waals surface area (Å²) in [6.45, 7) is 4.08. The lowest BCUT2D eigenvalue weighted by molar-refractivity contribution is 0.487. The van der Waals surface area contributed by atoms with Crippen molar-refractivity contribution in [2.24, 2.45) is 5.92 Å². The Morgan fingerprint density at radius 2 is 2.05 bits per heavy atom. The number of halogens is 3. The Labute approximate surface area is 134 Å². The van der Waals surface area contributed by atoms with E-state index in [1.807, 2.05) is 13.8 Å². The van der Waals surface area contributed by atoms with E-state index in [1.54, 1.807) is 6.07 Å². The van der Waals surface area contributed by atoms with Gasteiger partial charge in [0.15, 0.2) is 5.82 Å². The summed E-state index contributed by atoms with van der Waals surface area (Å²) in [5, 5.41) is 7.03. The second-order valence-electron chi connectivity index (χ2n) is 4.85. The van der Waals surface area contributed by atoms with Crippen LogP contribution in [0.1, 0.15) is 13.8 Å². The van der Waals surface area contributed by atoms with E-state index in [9.17, 15) is 12.8 Å². The molecule has 9 heteroatoms. The van der Waals surface area contributed by atoms with Crippen LogP contribution in [0.3, 0.4) is 0 Å². The van der Waals surface area contributed by atoms with Crippen LogP contribution in [0.4, 0.5) is 4.39 Å². The summed E-state index contributed by atoms with van der Waals surface area (Å²) in [7, 11) is 1.30. The van der Waals surface area contributed by atoms with E-state index >= 15 is 0 Å². The molecule has 0 radical (unpaired) electrons. The van der Waals surface area contributed by atoms with Gasteiger partial charge in [0.25, 0.3) is 14.2 Å². The van der Waals surface area contributed by atoms with Crippen molar-refractivity contribution in [1.29, 1.82) is 0 Å². The van der Waals surface area contributed by atoms with Crippen molar-refractivity contribution in [2.45, 2.75) is 25.5 Å². The maximum atomic E-state index is 14.1. The molecule has 0 bridgehead atoms. The molecule has 114 valence electrons. The highest BCUT2D eigenvalue weighted by Gasteiger charge is 2.26. The summed E-state index contributed by atoms with van der Waals surface area (Å²) in [5.74, 6) is -0.310. The van der Waals surface area contributed by atoms with Gasteiger partial charge in [0, 0.05) is 21.7 Å². The van der Waals surface area contributed by atoms with E-state index in [0.29, 0.717) is 11.0 Å². The van der Waals surface area contributed by atoms with Gasteiger partial charge in [-0.25, -0.2) is 12.8 Å². The summed E-state index contributed by atoms with van der Waals surface area (Å²) in [4.78, 5) is 0. The summed E-state index contributed by atoms with van der Waals surface area (Å²) in [6.07, 6.45) is 0. The first kappa shape index (κ1) is 16.4. The number of hydrogen-bond donors (Lipinski definition) is 0. The molecule has 1 aromatic heterocycles. The summed E-state index contributed by atoms with van der Waals surface area (Å²) in [5.41, 5.74) is 0.150. The third-order valence-electron chi connectivity index (χ3n) is 2.67. The minimum atomic E-state index is -4.07. The normalized spacial score (nSPS) is 12.1. The van der Waals surface area contributed by atoms with Crippen LogP contribution in [0.15, 0.2) is 27.8 Å². The van der Waals surface area contributed by atoms with Crippen molar-refractivity contribution in [1.82, 2.24) is 14.8 Å². The van der Waals surface area contributed by atoms with Crippen LogP contribution in [0, 0.1) is 11.7 Å². The number of nitrogens with zero attached hydrogens (tertiary/aromatic N) is 3. The highest BCUT2D eigenvalue weighted by atomic mass is 79.9. The topological polar surface area (TPSA) is 64.8 Å². The van der Waals surface area contributed by atoms with Crippen LogP contribution in [0.5, 0.6) is 0 Å². The molecule has 0 aliphatic heterocycles. The average Bonchev–Trinajstić information content (AvgIpc) is 2.71. The molecule has 0 aliphatic carbocycles. The Morgan fingerprint density at radius 1 is 1.38 bits per heavy atom. The third-order valence-corrected chi connectivity index (χ3v) is 4.48. The fraction of sp³-hybridized carbons (Fsp3) is 0.333. The zero-order valence-electron chi connectivity index (χ0n) is 11.2. The van der Waals surface area contributed by atoms with Crippen molar-refractivity contribution < 1.29 is 12.8 Å². The van der Waals surface area contributed by atoms with E-state index < -0.39 is 14.9 Å². The molecule has 0 saturated heterocycles. The second-order valence-corrected chi connectivity index (χ2v) is 8.16. The monoisotopic (exact) mass is 395 g/mol. The SMILES string of the molecule is CC(C)Cn1c(-c2c(F)cccc2Br)nnc1S(=O)(=O)Cl. The van der Waals surface area contributed by atoms with Gasteiger partial charge < -0.3 is 0 Å². The lowest BCUT2D eigenvalue weighted by atomic mass is 10.2. The van der Waals surface area contributed by atoms with Crippen molar-refractivity contribution >= 4 is 35.7 Å². The molecule has 0 fully saturated rings. The molecule has 2 aromatic rings. The van der Waals surface area contributed by atoms with Crippen molar-refractivity contribution in [3.05, 3.63) is 28.5 Å². The Morgan fingerprint density at radius 3 is 2.57 bits per heavy atom. The second kappa shape index (κ2) is 6.02. The summed E-state index contributed by atoms with van der Waals surface area (Å²) in [6, 6.07) is 4.44. The molecular formula is C12H12BrClFN3O2S. The minimum Gasteiger partial charge on any atom is -0.296 e. The highest BCUT2D eigenvalue weighted by molar-refractivity contribution is 9.10. The number of benzene rings is 1. The van der Waals surface area contributed by atoms with Gasteiger partial charge in [-0.2, -0.15) is 0 Å². The van der Waals surface area contributed by atoms with E-state index in [-0.39, 0.29) is 22.5 Å².